The van der Waals surface area contributed by atoms with Crippen molar-refractivity contribution >= 4 is 0 Å². The molecule has 1 N–H and O–H groups in total. The van der Waals surface area contributed by atoms with Crippen molar-refractivity contribution in [3.8, 4) is 0 Å². The molecule has 2 nitrogen and oxygen atoms in total. The van der Waals surface area contributed by atoms with Crippen molar-refractivity contribution in [3.63, 3.8) is 0 Å². The highest BCUT2D eigenvalue weighted by atomic mass is 19.4. The van der Waals surface area contributed by atoms with E-state index < -0.39 is 11.7 Å². The maximum atomic E-state index is 12.4. The van der Waals surface area contributed by atoms with Crippen molar-refractivity contribution in [2.75, 3.05) is 19.8 Å². The fourth-order valence-corrected chi connectivity index (χ4v) is 1.69. The van der Waals surface area contributed by atoms with Gasteiger partial charge in [-0.2, -0.15) is 13.2 Å². The molecule has 1 aromatic carbocycles. The molecule has 1 unspecified atom stereocenters. The first kappa shape index (κ1) is 16.7. The summed E-state index contributed by atoms with van der Waals surface area (Å²) < 4.78 is 42.6. The summed E-state index contributed by atoms with van der Waals surface area (Å²) in [5.41, 5.74) is 0.199. The van der Waals surface area contributed by atoms with E-state index in [4.69, 9.17) is 4.74 Å². The summed E-state index contributed by atoms with van der Waals surface area (Å²) in [5.74, 6) is 0. The first-order valence-electron chi connectivity index (χ1n) is 6.54. The van der Waals surface area contributed by atoms with Crippen LogP contribution in [0.15, 0.2) is 36.9 Å². The van der Waals surface area contributed by atoms with Gasteiger partial charge in [-0.05, 0) is 31.0 Å². The van der Waals surface area contributed by atoms with E-state index in [1.54, 1.807) is 6.08 Å². The lowest BCUT2D eigenvalue weighted by molar-refractivity contribution is -0.137. The number of hydrogen-bond donors (Lipinski definition) is 1. The van der Waals surface area contributed by atoms with E-state index in [1.165, 1.54) is 12.1 Å². The summed E-state index contributed by atoms with van der Waals surface area (Å²) in [7, 11) is 0. The average molecular weight is 287 g/mol. The van der Waals surface area contributed by atoms with Crippen LogP contribution in [0, 0.1) is 0 Å². The molecule has 1 rings (SSSR count). The number of hydrogen-bond acceptors (Lipinski definition) is 2. The molecule has 112 valence electrons. The Labute approximate surface area is 117 Å². The minimum Gasteiger partial charge on any atom is -0.380 e. The monoisotopic (exact) mass is 287 g/mol. The maximum absolute atomic E-state index is 12.4. The fraction of sp³-hybridized carbons (Fsp3) is 0.467. The number of halogens is 3. The van der Waals surface area contributed by atoms with Crippen molar-refractivity contribution in [1.29, 1.82) is 0 Å². The molecular weight excluding hydrogens is 267 g/mol. The molecule has 1 atom stereocenters. The summed E-state index contributed by atoms with van der Waals surface area (Å²) in [6.45, 7) is 7.36. The quantitative estimate of drug-likeness (QED) is 0.577. The molecule has 0 aliphatic carbocycles. The van der Waals surface area contributed by atoms with Crippen LogP contribution in [-0.4, -0.2) is 19.8 Å². The maximum Gasteiger partial charge on any atom is 0.416 e. The van der Waals surface area contributed by atoms with E-state index >= 15 is 0 Å². The van der Waals surface area contributed by atoms with Crippen molar-refractivity contribution in [3.05, 3.63) is 48.0 Å². The molecule has 0 fully saturated rings. The van der Waals surface area contributed by atoms with E-state index in [1.807, 2.05) is 6.92 Å². The summed E-state index contributed by atoms with van der Waals surface area (Å²) in [6, 6.07) is 5.20. The molecule has 0 spiro atoms. The summed E-state index contributed by atoms with van der Waals surface area (Å²) in [5, 5.41) is 3.20. The number of benzene rings is 1. The lowest BCUT2D eigenvalue weighted by Gasteiger charge is -2.15. The van der Waals surface area contributed by atoms with Gasteiger partial charge in [0.05, 0.1) is 18.8 Å². The van der Waals surface area contributed by atoms with Gasteiger partial charge < -0.3 is 10.1 Å². The Kier molecular flexibility index (Phi) is 6.75. The zero-order valence-electron chi connectivity index (χ0n) is 11.5. The van der Waals surface area contributed by atoms with E-state index in [-0.39, 0.29) is 6.04 Å². The molecule has 0 bridgehead atoms. The molecule has 20 heavy (non-hydrogen) atoms. The third kappa shape index (κ3) is 5.75. The molecule has 0 aliphatic heterocycles. The van der Waals surface area contributed by atoms with Crippen molar-refractivity contribution in [2.45, 2.75) is 25.6 Å². The van der Waals surface area contributed by atoms with Crippen LogP contribution in [0.4, 0.5) is 13.2 Å². The number of rotatable bonds is 8. The minimum absolute atomic E-state index is 0.0136. The Morgan fingerprint density at radius 1 is 1.25 bits per heavy atom. The third-order valence-electron chi connectivity index (χ3n) is 2.90. The van der Waals surface area contributed by atoms with Gasteiger partial charge in [-0.3, -0.25) is 0 Å². The smallest absolute Gasteiger partial charge is 0.380 e. The molecule has 0 amide bonds. The van der Waals surface area contributed by atoms with E-state index in [2.05, 4.69) is 11.9 Å². The number of ether oxygens (including phenoxy) is 1. The molecule has 0 heterocycles. The van der Waals surface area contributed by atoms with Gasteiger partial charge in [-0.15, -0.1) is 6.58 Å². The summed E-state index contributed by atoms with van der Waals surface area (Å²) in [4.78, 5) is 0. The topological polar surface area (TPSA) is 21.3 Å². The standard InChI is InChI=1S/C15H20F3NO/c1-3-4-10-20-11-9-19-12(2)13-5-7-14(8-6-13)15(16,17)18/h3,5-8,12,19H,1,4,9-11H2,2H3. The van der Waals surface area contributed by atoms with E-state index in [9.17, 15) is 13.2 Å². The van der Waals surface area contributed by atoms with Crippen LogP contribution in [0.5, 0.6) is 0 Å². The van der Waals surface area contributed by atoms with Gasteiger partial charge in [-0.25, -0.2) is 0 Å². The number of nitrogens with one attached hydrogen (secondary N) is 1. The second-order valence-electron chi connectivity index (χ2n) is 4.49. The zero-order chi connectivity index (χ0) is 15.0. The highest BCUT2D eigenvalue weighted by molar-refractivity contribution is 5.26. The molecular formula is C15H20F3NO. The van der Waals surface area contributed by atoms with Crippen LogP contribution in [0.3, 0.4) is 0 Å². The van der Waals surface area contributed by atoms with Gasteiger partial charge >= 0.3 is 6.18 Å². The Morgan fingerprint density at radius 2 is 1.90 bits per heavy atom. The molecule has 0 saturated carbocycles. The van der Waals surface area contributed by atoms with Gasteiger partial charge in [0.25, 0.3) is 0 Å². The summed E-state index contributed by atoms with van der Waals surface area (Å²) in [6.07, 6.45) is -1.68. The van der Waals surface area contributed by atoms with Gasteiger partial charge in [-0.1, -0.05) is 18.2 Å². The third-order valence-corrected chi connectivity index (χ3v) is 2.90. The second kappa shape index (κ2) is 8.07. The lowest BCUT2D eigenvalue weighted by Crippen LogP contribution is -2.23. The molecule has 5 heteroatoms. The first-order chi connectivity index (χ1) is 9.45. The molecule has 0 saturated heterocycles. The molecule has 0 radical (unpaired) electrons. The van der Waals surface area contributed by atoms with Crippen LogP contribution in [0.1, 0.15) is 30.5 Å². The average Bonchev–Trinajstić information content (AvgIpc) is 2.41. The van der Waals surface area contributed by atoms with Crippen molar-refractivity contribution in [1.82, 2.24) is 5.32 Å². The highest BCUT2D eigenvalue weighted by Gasteiger charge is 2.30. The Balaban J connectivity index is 2.36. The SMILES string of the molecule is C=CCCOCCNC(C)c1ccc(C(F)(F)F)cc1. The van der Waals surface area contributed by atoms with Gasteiger partial charge in [0.15, 0.2) is 0 Å². The molecule has 0 aromatic heterocycles. The van der Waals surface area contributed by atoms with Gasteiger partial charge in [0.2, 0.25) is 0 Å². The van der Waals surface area contributed by atoms with E-state index in [0.717, 1.165) is 24.1 Å². The normalized spacial score (nSPS) is 13.2. The zero-order valence-corrected chi connectivity index (χ0v) is 11.5. The van der Waals surface area contributed by atoms with Crippen molar-refractivity contribution < 1.29 is 17.9 Å². The molecule has 0 aliphatic rings. The van der Waals surface area contributed by atoms with Crippen LogP contribution in [0.2, 0.25) is 0 Å². The van der Waals surface area contributed by atoms with Crippen LogP contribution in [-0.2, 0) is 10.9 Å². The number of alkyl halides is 3. The van der Waals surface area contributed by atoms with Crippen LogP contribution >= 0.6 is 0 Å². The first-order valence-corrected chi connectivity index (χ1v) is 6.54. The summed E-state index contributed by atoms with van der Waals surface area (Å²) >= 11 is 0. The van der Waals surface area contributed by atoms with Crippen LogP contribution < -0.4 is 5.32 Å². The molecule has 1 aromatic rings. The predicted molar refractivity (Wildman–Crippen MR) is 73.5 cm³/mol. The minimum atomic E-state index is -4.28. The largest absolute Gasteiger partial charge is 0.416 e. The van der Waals surface area contributed by atoms with Crippen molar-refractivity contribution in [2.24, 2.45) is 0 Å². The van der Waals surface area contributed by atoms with Crippen LogP contribution in [0.25, 0.3) is 0 Å². The Hall–Kier alpha value is -1.33. The fourth-order valence-electron chi connectivity index (χ4n) is 1.69. The Bertz CT molecular complexity index is 401. The van der Waals surface area contributed by atoms with Gasteiger partial charge in [0.1, 0.15) is 0 Å². The van der Waals surface area contributed by atoms with Gasteiger partial charge in [0, 0.05) is 12.6 Å². The second-order valence-corrected chi connectivity index (χ2v) is 4.49. The lowest BCUT2D eigenvalue weighted by atomic mass is 10.1. The Morgan fingerprint density at radius 3 is 2.45 bits per heavy atom. The van der Waals surface area contributed by atoms with E-state index in [0.29, 0.717) is 19.8 Å². The predicted octanol–water partition coefficient (Wildman–Crippen LogP) is 3.95. The highest BCUT2D eigenvalue weighted by Crippen LogP contribution is 2.29.